The Hall–Kier alpha value is -0.630. The Morgan fingerprint density at radius 3 is 3.08 bits per heavy atom. The molecule has 1 atom stereocenters. The summed E-state index contributed by atoms with van der Waals surface area (Å²) in [6, 6.07) is 0. The molecule has 2 heteroatoms. The van der Waals surface area contributed by atoms with Gasteiger partial charge in [0.1, 0.15) is 6.10 Å². The van der Waals surface area contributed by atoms with E-state index in [-0.39, 0.29) is 11.9 Å². The van der Waals surface area contributed by atoms with Crippen LogP contribution in [0.1, 0.15) is 32.1 Å². The van der Waals surface area contributed by atoms with Gasteiger partial charge in [0, 0.05) is 6.42 Å². The maximum atomic E-state index is 11.2. The first kappa shape index (κ1) is 9.46. The summed E-state index contributed by atoms with van der Waals surface area (Å²) >= 11 is 0. The third-order valence-corrected chi connectivity index (χ3v) is 2.14. The molecule has 0 amide bonds. The van der Waals surface area contributed by atoms with Crippen LogP contribution in [0.3, 0.4) is 0 Å². The predicted octanol–water partition coefficient (Wildman–Crippen LogP) is 2.09. The number of Topliss-reactive ketones (excluding diaryl/α,β-unsaturated/α-hetero) is 1. The summed E-state index contributed by atoms with van der Waals surface area (Å²) in [5.74, 6) is 0.283. The highest BCUT2D eigenvalue weighted by atomic mass is 16.5. The van der Waals surface area contributed by atoms with Gasteiger partial charge in [0.05, 0.1) is 6.61 Å². The Balaban J connectivity index is 2.20. The van der Waals surface area contributed by atoms with Gasteiger partial charge in [0.15, 0.2) is 5.78 Å². The van der Waals surface area contributed by atoms with Crippen LogP contribution in [0.15, 0.2) is 12.7 Å². The monoisotopic (exact) mass is 168 g/mol. The Morgan fingerprint density at radius 1 is 1.58 bits per heavy atom. The third kappa shape index (κ3) is 2.78. The molecule has 0 N–H and O–H groups in total. The van der Waals surface area contributed by atoms with Crippen molar-refractivity contribution in [2.75, 3.05) is 6.61 Å². The minimum absolute atomic E-state index is 0.112. The second kappa shape index (κ2) is 5.09. The highest BCUT2D eigenvalue weighted by Crippen LogP contribution is 2.17. The molecule has 0 bridgehead atoms. The molecular formula is C10H16O2. The third-order valence-electron chi connectivity index (χ3n) is 2.14. The van der Waals surface area contributed by atoms with Crippen molar-refractivity contribution >= 4 is 5.78 Å². The Morgan fingerprint density at radius 2 is 2.42 bits per heavy atom. The molecule has 12 heavy (non-hydrogen) atoms. The topological polar surface area (TPSA) is 26.3 Å². The zero-order chi connectivity index (χ0) is 8.81. The van der Waals surface area contributed by atoms with E-state index in [1.807, 2.05) is 6.08 Å². The molecule has 0 aromatic heterocycles. The predicted molar refractivity (Wildman–Crippen MR) is 48.0 cm³/mol. The van der Waals surface area contributed by atoms with E-state index < -0.39 is 0 Å². The van der Waals surface area contributed by atoms with Crippen molar-refractivity contribution in [1.82, 2.24) is 0 Å². The molecule has 1 aliphatic carbocycles. The average Bonchev–Trinajstić information content (AvgIpc) is 2.09. The Labute approximate surface area is 73.6 Å². The fourth-order valence-corrected chi connectivity index (χ4v) is 1.42. The summed E-state index contributed by atoms with van der Waals surface area (Å²) in [5, 5.41) is 0. The van der Waals surface area contributed by atoms with Crippen molar-refractivity contribution in [2.24, 2.45) is 0 Å². The zero-order valence-corrected chi connectivity index (χ0v) is 7.42. The normalized spacial score (nSPS) is 24.0. The molecule has 2 nitrogen and oxygen atoms in total. The number of hydrogen-bond donors (Lipinski definition) is 0. The van der Waals surface area contributed by atoms with Crippen LogP contribution in [0.5, 0.6) is 0 Å². The fourth-order valence-electron chi connectivity index (χ4n) is 1.42. The molecule has 1 saturated carbocycles. The lowest BCUT2D eigenvalue weighted by atomic mass is 9.96. The van der Waals surface area contributed by atoms with Crippen LogP contribution >= 0.6 is 0 Å². The van der Waals surface area contributed by atoms with Gasteiger partial charge in [-0.2, -0.15) is 0 Å². The van der Waals surface area contributed by atoms with Gasteiger partial charge in [-0.1, -0.05) is 6.08 Å². The van der Waals surface area contributed by atoms with Crippen molar-refractivity contribution in [1.29, 1.82) is 0 Å². The lowest BCUT2D eigenvalue weighted by Crippen LogP contribution is -2.27. The van der Waals surface area contributed by atoms with Gasteiger partial charge in [0.2, 0.25) is 0 Å². The molecule has 0 radical (unpaired) electrons. The maximum absolute atomic E-state index is 11.2. The van der Waals surface area contributed by atoms with Gasteiger partial charge in [-0.25, -0.2) is 0 Å². The van der Waals surface area contributed by atoms with Gasteiger partial charge in [-0.15, -0.1) is 6.58 Å². The van der Waals surface area contributed by atoms with Crippen LogP contribution < -0.4 is 0 Å². The van der Waals surface area contributed by atoms with Crippen molar-refractivity contribution in [3.05, 3.63) is 12.7 Å². The standard InChI is InChI=1S/C10H16O2/c1-2-3-8-12-10-7-5-4-6-9(10)11/h2,10H,1,3-8H2. The second-order valence-electron chi connectivity index (χ2n) is 3.15. The lowest BCUT2D eigenvalue weighted by Gasteiger charge is -2.20. The summed E-state index contributed by atoms with van der Waals surface area (Å²) in [7, 11) is 0. The number of hydrogen-bond acceptors (Lipinski definition) is 2. The number of carbonyl (C=O) groups is 1. The summed E-state index contributed by atoms with van der Waals surface area (Å²) < 4.78 is 5.41. The minimum atomic E-state index is -0.112. The van der Waals surface area contributed by atoms with Crippen molar-refractivity contribution in [3.8, 4) is 0 Å². The number of ether oxygens (including phenoxy) is 1. The first-order chi connectivity index (χ1) is 5.84. The average molecular weight is 168 g/mol. The van der Waals surface area contributed by atoms with E-state index in [1.54, 1.807) is 0 Å². The van der Waals surface area contributed by atoms with Crippen molar-refractivity contribution in [3.63, 3.8) is 0 Å². The molecule has 0 aromatic rings. The Kier molecular flexibility index (Phi) is 4.01. The van der Waals surface area contributed by atoms with Crippen LogP contribution in [0, 0.1) is 0 Å². The summed E-state index contributed by atoms with van der Waals surface area (Å²) in [4.78, 5) is 11.2. The summed E-state index contributed by atoms with van der Waals surface area (Å²) in [6.45, 7) is 4.24. The van der Waals surface area contributed by atoms with Crippen LogP contribution in [0.25, 0.3) is 0 Å². The number of carbonyl (C=O) groups excluding carboxylic acids is 1. The highest BCUT2D eigenvalue weighted by molar-refractivity contribution is 5.83. The zero-order valence-electron chi connectivity index (χ0n) is 7.42. The smallest absolute Gasteiger partial charge is 0.161 e. The molecule has 0 saturated heterocycles. The molecule has 0 spiro atoms. The van der Waals surface area contributed by atoms with E-state index in [2.05, 4.69) is 6.58 Å². The van der Waals surface area contributed by atoms with E-state index in [0.29, 0.717) is 13.0 Å². The van der Waals surface area contributed by atoms with Crippen LogP contribution in [0.2, 0.25) is 0 Å². The maximum Gasteiger partial charge on any atom is 0.161 e. The van der Waals surface area contributed by atoms with Gasteiger partial charge in [-0.05, 0) is 25.7 Å². The molecule has 1 unspecified atom stereocenters. The summed E-state index contributed by atoms with van der Waals surface area (Å²) in [5.41, 5.74) is 0. The largest absolute Gasteiger partial charge is 0.370 e. The first-order valence-corrected chi connectivity index (χ1v) is 4.60. The van der Waals surface area contributed by atoms with Gasteiger partial charge in [0.25, 0.3) is 0 Å². The molecular weight excluding hydrogens is 152 g/mol. The van der Waals surface area contributed by atoms with Crippen LogP contribution in [-0.4, -0.2) is 18.5 Å². The van der Waals surface area contributed by atoms with E-state index in [1.165, 1.54) is 0 Å². The van der Waals surface area contributed by atoms with Gasteiger partial charge >= 0.3 is 0 Å². The first-order valence-electron chi connectivity index (χ1n) is 4.60. The molecule has 1 fully saturated rings. The van der Waals surface area contributed by atoms with Crippen LogP contribution in [-0.2, 0) is 9.53 Å². The molecule has 1 aliphatic rings. The Bertz CT molecular complexity index is 163. The molecule has 0 heterocycles. The van der Waals surface area contributed by atoms with E-state index >= 15 is 0 Å². The quantitative estimate of drug-likeness (QED) is 0.474. The molecule has 0 aromatic carbocycles. The SMILES string of the molecule is C=CCCOC1CCCCC1=O. The van der Waals surface area contributed by atoms with Gasteiger partial charge < -0.3 is 4.74 Å². The molecule has 68 valence electrons. The van der Waals surface area contributed by atoms with Crippen LogP contribution in [0.4, 0.5) is 0 Å². The second-order valence-corrected chi connectivity index (χ2v) is 3.15. The number of ketones is 1. The summed E-state index contributed by atoms with van der Waals surface area (Å²) in [6.07, 6.45) is 6.33. The molecule has 0 aliphatic heterocycles. The van der Waals surface area contributed by atoms with E-state index in [4.69, 9.17) is 4.74 Å². The van der Waals surface area contributed by atoms with Crippen molar-refractivity contribution < 1.29 is 9.53 Å². The van der Waals surface area contributed by atoms with Gasteiger partial charge in [-0.3, -0.25) is 4.79 Å². The minimum Gasteiger partial charge on any atom is -0.370 e. The van der Waals surface area contributed by atoms with Crippen molar-refractivity contribution in [2.45, 2.75) is 38.2 Å². The lowest BCUT2D eigenvalue weighted by molar-refractivity contribution is -0.133. The highest BCUT2D eigenvalue weighted by Gasteiger charge is 2.21. The van der Waals surface area contributed by atoms with E-state index in [9.17, 15) is 4.79 Å². The molecule has 1 rings (SSSR count). The van der Waals surface area contributed by atoms with E-state index in [0.717, 1.165) is 25.7 Å². The fraction of sp³-hybridized carbons (Fsp3) is 0.700. The number of rotatable bonds is 4.